The molecule has 17 heavy (non-hydrogen) atoms. The number of nitrogens with zero attached hydrogens (tertiary/aromatic N) is 1. The quantitative estimate of drug-likeness (QED) is 0.801. The van der Waals surface area contributed by atoms with E-state index in [1.165, 1.54) is 26.3 Å². The first-order valence-corrected chi connectivity index (χ1v) is 5.53. The van der Waals surface area contributed by atoms with Crippen molar-refractivity contribution in [3.8, 4) is 0 Å². The number of rotatable bonds is 3. The van der Waals surface area contributed by atoms with E-state index in [0.29, 0.717) is 0 Å². The van der Waals surface area contributed by atoms with Crippen molar-refractivity contribution in [2.75, 3.05) is 20.7 Å². The molecule has 0 aromatic heterocycles. The number of benzene rings is 1. The van der Waals surface area contributed by atoms with Crippen LogP contribution in [0.2, 0.25) is 0 Å². The molecule has 0 aliphatic rings. The summed E-state index contributed by atoms with van der Waals surface area (Å²) >= 11 is 2.99. The van der Waals surface area contributed by atoms with Crippen LogP contribution >= 0.6 is 15.9 Å². The van der Waals surface area contributed by atoms with Gasteiger partial charge >= 0.3 is 5.97 Å². The lowest BCUT2D eigenvalue weighted by atomic mass is 10.2. The molecule has 1 rings (SSSR count). The highest BCUT2D eigenvalue weighted by Gasteiger charge is 2.19. The lowest BCUT2D eigenvalue weighted by Gasteiger charge is -2.16. The number of carbonyl (C=O) groups excluding carboxylic acids is 2. The topological polar surface area (TPSA) is 46.6 Å². The van der Waals surface area contributed by atoms with Crippen molar-refractivity contribution in [2.24, 2.45) is 0 Å². The van der Waals surface area contributed by atoms with Crippen LogP contribution in [0.1, 0.15) is 10.4 Å². The summed E-state index contributed by atoms with van der Waals surface area (Å²) < 4.78 is 18.2. The Labute approximate surface area is 106 Å². The van der Waals surface area contributed by atoms with E-state index in [0.717, 1.165) is 4.90 Å². The number of ether oxygens (including phenoxy) is 1. The SMILES string of the molecule is COC(=O)CN(C)C(=O)c1cccc(Br)c1F. The minimum atomic E-state index is -0.644. The monoisotopic (exact) mass is 303 g/mol. The maximum atomic E-state index is 13.6. The van der Waals surface area contributed by atoms with Crippen molar-refractivity contribution in [1.29, 1.82) is 0 Å². The summed E-state index contributed by atoms with van der Waals surface area (Å²) in [6.45, 7) is -0.221. The smallest absolute Gasteiger partial charge is 0.325 e. The minimum absolute atomic E-state index is 0.0919. The molecule has 0 N–H and O–H groups in total. The van der Waals surface area contributed by atoms with Gasteiger partial charge in [-0.3, -0.25) is 9.59 Å². The highest BCUT2D eigenvalue weighted by atomic mass is 79.9. The Morgan fingerprint density at radius 2 is 2.12 bits per heavy atom. The molecule has 1 amide bonds. The number of carbonyl (C=O) groups is 2. The Balaban J connectivity index is 2.89. The fraction of sp³-hybridized carbons (Fsp3) is 0.273. The Morgan fingerprint density at radius 1 is 1.47 bits per heavy atom. The maximum Gasteiger partial charge on any atom is 0.325 e. The summed E-state index contributed by atoms with van der Waals surface area (Å²) in [5, 5.41) is 0. The number of likely N-dealkylation sites (N-methyl/N-ethyl adjacent to an activating group) is 1. The van der Waals surface area contributed by atoms with Crippen LogP contribution < -0.4 is 0 Å². The lowest BCUT2D eigenvalue weighted by Crippen LogP contribution is -2.33. The van der Waals surface area contributed by atoms with Crippen LogP contribution in [0.4, 0.5) is 4.39 Å². The zero-order valence-corrected chi connectivity index (χ0v) is 11.0. The molecule has 0 radical (unpaired) electrons. The molecular weight excluding hydrogens is 293 g/mol. The largest absolute Gasteiger partial charge is 0.468 e. The van der Waals surface area contributed by atoms with Gasteiger partial charge in [-0.15, -0.1) is 0 Å². The van der Waals surface area contributed by atoms with Crippen molar-refractivity contribution >= 4 is 27.8 Å². The third-order valence-electron chi connectivity index (χ3n) is 2.12. The van der Waals surface area contributed by atoms with Crippen LogP contribution in [0.25, 0.3) is 0 Å². The molecule has 0 fully saturated rings. The van der Waals surface area contributed by atoms with E-state index >= 15 is 0 Å². The van der Waals surface area contributed by atoms with Crippen LogP contribution in [-0.4, -0.2) is 37.5 Å². The van der Waals surface area contributed by atoms with Crippen molar-refractivity contribution in [2.45, 2.75) is 0 Å². The van der Waals surface area contributed by atoms with E-state index in [-0.39, 0.29) is 16.6 Å². The molecule has 92 valence electrons. The number of halogens is 2. The third kappa shape index (κ3) is 3.26. The Morgan fingerprint density at radius 3 is 2.71 bits per heavy atom. The second-order valence-corrected chi connectivity index (χ2v) is 4.19. The van der Waals surface area contributed by atoms with Gasteiger partial charge in [-0.25, -0.2) is 4.39 Å². The van der Waals surface area contributed by atoms with Gasteiger partial charge in [0.25, 0.3) is 5.91 Å². The standard InChI is InChI=1S/C11H11BrFNO3/c1-14(6-9(15)17-2)11(16)7-4-3-5-8(12)10(7)13/h3-5H,6H2,1-2H3. The van der Waals surface area contributed by atoms with Gasteiger partial charge in [0, 0.05) is 7.05 Å². The van der Waals surface area contributed by atoms with Gasteiger partial charge in [0.15, 0.2) is 0 Å². The highest BCUT2D eigenvalue weighted by molar-refractivity contribution is 9.10. The molecule has 1 aromatic carbocycles. The van der Waals surface area contributed by atoms with E-state index in [1.807, 2.05) is 0 Å². The summed E-state index contributed by atoms with van der Waals surface area (Å²) in [5.74, 6) is -1.78. The van der Waals surface area contributed by atoms with Gasteiger partial charge in [-0.2, -0.15) is 0 Å². The number of hydrogen-bond donors (Lipinski definition) is 0. The van der Waals surface area contributed by atoms with Crippen molar-refractivity contribution in [3.63, 3.8) is 0 Å². The first kappa shape index (κ1) is 13.6. The zero-order chi connectivity index (χ0) is 13.0. The fourth-order valence-corrected chi connectivity index (χ4v) is 1.57. The molecule has 0 atom stereocenters. The summed E-state index contributed by atoms with van der Waals surface area (Å²) in [4.78, 5) is 23.9. The minimum Gasteiger partial charge on any atom is -0.468 e. The van der Waals surface area contributed by atoms with Gasteiger partial charge in [0.05, 0.1) is 17.1 Å². The molecule has 6 heteroatoms. The predicted molar refractivity (Wildman–Crippen MR) is 63.1 cm³/mol. The fourth-order valence-electron chi connectivity index (χ4n) is 1.20. The Hall–Kier alpha value is -1.43. The first-order chi connectivity index (χ1) is 7.97. The lowest BCUT2D eigenvalue weighted by molar-refractivity contribution is -0.141. The highest BCUT2D eigenvalue weighted by Crippen LogP contribution is 2.19. The van der Waals surface area contributed by atoms with Gasteiger partial charge in [-0.05, 0) is 28.1 Å². The van der Waals surface area contributed by atoms with Crippen molar-refractivity contribution in [3.05, 3.63) is 34.1 Å². The van der Waals surface area contributed by atoms with Gasteiger partial charge in [-0.1, -0.05) is 6.07 Å². The zero-order valence-electron chi connectivity index (χ0n) is 9.37. The summed E-state index contributed by atoms with van der Waals surface area (Å²) in [7, 11) is 2.62. The number of methoxy groups -OCH3 is 1. The summed E-state index contributed by atoms with van der Waals surface area (Å²) in [6.07, 6.45) is 0. The van der Waals surface area contributed by atoms with E-state index in [1.54, 1.807) is 6.07 Å². The third-order valence-corrected chi connectivity index (χ3v) is 2.74. The second-order valence-electron chi connectivity index (χ2n) is 3.34. The van der Waals surface area contributed by atoms with Gasteiger partial charge in [0.1, 0.15) is 12.4 Å². The summed E-state index contributed by atoms with van der Waals surface area (Å²) in [6, 6.07) is 4.40. The molecule has 0 spiro atoms. The van der Waals surface area contributed by atoms with Crippen LogP contribution in [0, 0.1) is 5.82 Å². The molecular formula is C11H11BrFNO3. The van der Waals surface area contributed by atoms with Crippen LogP contribution in [0.5, 0.6) is 0 Å². The normalized spacial score (nSPS) is 9.88. The average Bonchev–Trinajstić information content (AvgIpc) is 2.31. The molecule has 4 nitrogen and oxygen atoms in total. The summed E-state index contributed by atoms with van der Waals surface area (Å²) in [5.41, 5.74) is -0.0919. The molecule has 0 saturated heterocycles. The van der Waals surface area contributed by atoms with E-state index < -0.39 is 17.7 Å². The van der Waals surface area contributed by atoms with Gasteiger partial charge < -0.3 is 9.64 Å². The van der Waals surface area contributed by atoms with Crippen LogP contribution in [0.15, 0.2) is 22.7 Å². The maximum absolute atomic E-state index is 13.6. The van der Waals surface area contributed by atoms with Crippen LogP contribution in [0.3, 0.4) is 0 Å². The van der Waals surface area contributed by atoms with Gasteiger partial charge in [0.2, 0.25) is 0 Å². The predicted octanol–water partition coefficient (Wildman–Crippen LogP) is 1.83. The second kappa shape index (κ2) is 5.77. The van der Waals surface area contributed by atoms with E-state index in [9.17, 15) is 14.0 Å². The molecule has 1 aromatic rings. The molecule has 0 heterocycles. The molecule has 0 saturated carbocycles. The van der Waals surface area contributed by atoms with E-state index in [4.69, 9.17) is 0 Å². The number of esters is 1. The van der Waals surface area contributed by atoms with Crippen molar-refractivity contribution in [1.82, 2.24) is 4.90 Å². The molecule has 0 aliphatic heterocycles. The van der Waals surface area contributed by atoms with Crippen molar-refractivity contribution < 1.29 is 18.7 Å². The first-order valence-electron chi connectivity index (χ1n) is 4.73. The molecule has 0 aliphatic carbocycles. The van der Waals surface area contributed by atoms with Crippen LogP contribution in [-0.2, 0) is 9.53 Å². The number of hydrogen-bond acceptors (Lipinski definition) is 3. The Kier molecular flexibility index (Phi) is 4.62. The van der Waals surface area contributed by atoms with E-state index in [2.05, 4.69) is 20.7 Å². The molecule has 0 unspecified atom stereocenters. The average molecular weight is 304 g/mol. The number of amides is 1. The molecule has 0 bridgehead atoms. The Bertz CT molecular complexity index is 450.